The number of hydrogen-bond donors (Lipinski definition) is 1. The Morgan fingerprint density at radius 3 is 2.52 bits per heavy atom. The first-order valence-electron chi connectivity index (χ1n) is 8.24. The second-order valence-electron chi connectivity index (χ2n) is 6.60. The van der Waals surface area contributed by atoms with E-state index in [-0.39, 0.29) is 11.2 Å². The van der Waals surface area contributed by atoms with Crippen LogP contribution >= 0.6 is 0 Å². The molecule has 1 aromatic rings. The first-order chi connectivity index (χ1) is 10.1. The number of benzene rings is 1. The molecule has 1 aliphatic carbocycles. The van der Waals surface area contributed by atoms with Gasteiger partial charge in [-0.05, 0) is 49.9 Å². The van der Waals surface area contributed by atoms with Gasteiger partial charge in [-0.3, -0.25) is 0 Å². The summed E-state index contributed by atoms with van der Waals surface area (Å²) >= 11 is 0. The van der Waals surface area contributed by atoms with Crippen molar-refractivity contribution in [2.75, 3.05) is 6.54 Å². The van der Waals surface area contributed by atoms with E-state index in [1.54, 1.807) is 12.1 Å². The summed E-state index contributed by atoms with van der Waals surface area (Å²) in [7, 11) is 0. The zero-order valence-corrected chi connectivity index (χ0v) is 13.6. The molecule has 0 fully saturated rings. The first kappa shape index (κ1) is 16.2. The lowest BCUT2D eigenvalue weighted by Crippen LogP contribution is -2.46. The predicted molar refractivity (Wildman–Crippen MR) is 88.1 cm³/mol. The minimum atomic E-state index is -0.164. The number of rotatable bonds is 5. The summed E-state index contributed by atoms with van der Waals surface area (Å²) in [5, 5.41) is 3.67. The third-order valence-corrected chi connectivity index (χ3v) is 4.67. The van der Waals surface area contributed by atoms with Crippen molar-refractivity contribution in [1.29, 1.82) is 0 Å². The maximum Gasteiger partial charge on any atom is 0.123 e. The average Bonchev–Trinajstić information content (AvgIpc) is 2.74. The van der Waals surface area contributed by atoms with Gasteiger partial charge in [-0.15, -0.1) is 0 Å². The van der Waals surface area contributed by atoms with E-state index >= 15 is 0 Å². The van der Waals surface area contributed by atoms with E-state index in [9.17, 15) is 4.39 Å². The van der Waals surface area contributed by atoms with Crippen molar-refractivity contribution < 1.29 is 4.39 Å². The van der Waals surface area contributed by atoms with Gasteiger partial charge in [-0.2, -0.15) is 0 Å². The highest BCUT2D eigenvalue weighted by Gasteiger charge is 2.33. The molecule has 1 unspecified atom stereocenters. The van der Waals surface area contributed by atoms with Gasteiger partial charge in [0, 0.05) is 11.5 Å². The Morgan fingerprint density at radius 2 is 1.86 bits per heavy atom. The summed E-state index contributed by atoms with van der Waals surface area (Å²) in [6, 6.07) is 7.32. The zero-order chi connectivity index (χ0) is 15.3. The largest absolute Gasteiger partial charge is 0.310 e. The Kier molecular flexibility index (Phi) is 5.58. The van der Waals surface area contributed by atoms with Gasteiger partial charge in [0.25, 0.3) is 0 Å². The topological polar surface area (TPSA) is 12.0 Å². The lowest BCUT2D eigenvalue weighted by molar-refractivity contribution is 0.376. The normalized spacial score (nSPS) is 18.0. The van der Waals surface area contributed by atoms with E-state index in [2.05, 4.69) is 32.2 Å². The van der Waals surface area contributed by atoms with Gasteiger partial charge < -0.3 is 5.32 Å². The molecule has 1 nitrogen and oxygen atoms in total. The Bertz CT molecular complexity index is 473. The van der Waals surface area contributed by atoms with Crippen LogP contribution in [0.1, 0.15) is 58.4 Å². The molecule has 0 spiro atoms. The van der Waals surface area contributed by atoms with Crippen molar-refractivity contribution in [2.45, 2.75) is 64.3 Å². The van der Waals surface area contributed by atoms with E-state index in [1.165, 1.54) is 43.2 Å². The first-order valence-corrected chi connectivity index (χ1v) is 8.24. The molecule has 2 rings (SSSR count). The molecule has 21 heavy (non-hydrogen) atoms. The van der Waals surface area contributed by atoms with Crippen LogP contribution in [-0.4, -0.2) is 12.6 Å². The molecule has 0 amide bonds. The summed E-state index contributed by atoms with van der Waals surface area (Å²) in [5.41, 5.74) is 2.68. The fourth-order valence-corrected chi connectivity index (χ4v) is 3.40. The van der Waals surface area contributed by atoms with E-state index in [4.69, 9.17) is 0 Å². The molecule has 0 saturated heterocycles. The molecule has 1 aliphatic rings. The van der Waals surface area contributed by atoms with Gasteiger partial charge in [0.05, 0.1) is 0 Å². The van der Waals surface area contributed by atoms with Crippen molar-refractivity contribution in [3.05, 3.63) is 47.3 Å². The molecule has 1 atom stereocenters. The molecular formula is C19H28FN. The lowest BCUT2D eigenvalue weighted by atomic mass is 9.73. The minimum Gasteiger partial charge on any atom is -0.310 e. The highest BCUT2D eigenvalue weighted by atomic mass is 19.1. The number of hydrogen-bond acceptors (Lipinski definition) is 1. The van der Waals surface area contributed by atoms with Crippen LogP contribution in [0.5, 0.6) is 0 Å². The second-order valence-corrected chi connectivity index (χ2v) is 6.60. The molecule has 0 saturated carbocycles. The average molecular weight is 289 g/mol. The quantitative estimate of drug-likeness (QED) is 0.754. The maximum absolute atomic E-state index is 13.2. The minimum absolute atomic E-state index is 0.0418. The van der Waals surface area contributed by atoms with Crippen LogP contribution in [0.25, 0.3) is 0 Å². The van der Waals surface area contributed by atoms with Gasteiger partial charge in [0.2, 0.25) is 0 Å². The predicted octanol–water partition coefficient (Wildman–Crippen LogP) is 4.97. The fourth-order valence-electron chi connectivity index (χ4n) is 3.40. The third kappa shape index (κ3) is 3.94. The molecule has 116 valence electrons. The molecule has 0 heterocycles. The van der Waals surface area contributed by atoms with Crippen LogP contribution in [-0.2, 0) is 5.41 Å². The van der Waals surface area contributed by atoms with Crippen LogP contribution in [0.2, 0.25) is 0 Å². The molecule has 0 bridgehead atoms. The Labute approximate surface area is 128 Å². The standard InChI is InChI=1S/C19H28FN/c1-4-21-18(15-9-7-5-6-8-10-15)19(2,3)16-11-13-17(20)14-12-16/h9,11-14,18,21H,4-8,10H2,1-3H3. The van der Waals surface area contributed by atoms with Crippen LogP contribution in [0, 0.1) is 5.82 Å². The van der Waals surface area contributed by atoms with E-state index in [0.717, 1.165) is 6.54 Å². The van der Waals surface area contributed by atoms with Gasteiger partial charge >= 0.3 is 0 Å². The SMILES string of the molecule is CCNC(C1=CCCCCC1)C(C)(C)c1ccc(F)cc1. The van der Waals surface area contributed by atoms with Crippen LogP contribution in [0.15, 0.2) is 35.9 Å². The fraction of sp³-hybridized carbons (Fsp3) is 0.579. The van der Waals surface area contributed by atoms with Crippen LogP contribution in [0.4, 0.5) is 4.39 Å². The van der Waals surface area contributed by atoms with Crippen molar-refractivity contribution >= 4 is 0 Å². The third-order valence-electron chi connectivity index (χ3n) is 4.67. The highest BCUT2D eigenvalue weighted by Crippen LogP contribution is 2.34. The molecule has 1 aromatic carbocycles. The van der Waals surface area contributed by atoms with Gasteiger partial charge in [-0.1, -0.05) is 51.0 Å². The van der Waals surface area contributed by atoms with E-state index in [1.807, 2.05) is 12.1 Å². The highest BCUT2D eigenvalue weighted by molar-refractivity contribution is 5.32. The number of allylic oxidation sites excluding steroid dienone is 1. The van der Waals surface area contributed by atoms with Gasteiger partial charge in [-0.25, -0.2) is 4.39 Å². The molecule has 1 N–H and O–H groups in total. The summed E-state index contributed by atoms with van der Waals surface area (Å²) < 4.78 is 13.2. The summed E-state index contributed by atoms with van der Waals surface area (Å²) in [6.07, 6.45) is 8.73. The molecular weight excluding hydrogens is 261 g/mol. The lowest BCUT2D eigenvalue weighted by Gasteiger charge is -2.37. The Balaban J connectivity index is 2.30. The van der Waals surface area contributed by atoms with Gasteiger partial charge in [0.15, 0.2) is 0 Å². The Hall–Kier alpha value is -1.15. The Morgan fingerprint density at radius 1 is 1.14 bits per heavy atom. The maximum atomic E-state index is 13.2. The van der Waals surface area contributed by atoms with Gasteiger partial charge in [0.1, 0.15) is 5.82 Å². The number of likely N-dealkylation sites (N-methyl/N-ethyl adjacent to an activating group) is 1. The van der Waals surface area contributed by atoms with Crippen LogP contribution in [0.3, 0.4) is 0 Å². The van der Waals surface area contributed by atoms with Crippen molar-refractivity contribution in [2.24, 2.45) is 0 Å². The molecule has 0 aromatic heterocycles. The van der Waals surface area contributed by atoms with Crippen LogP contribution < -0.4 is 5.32 Å². The number of halogens is 1. The van der Waals surface area contributed by atoms with E-state index < -0.39 is 0 Å². The monoisotopic (exact) mass is 289 g/mol. The smallest absolute Gasteiger partial charge is 0.123 e. The van der Waals surface area contributed by atoms with Crippen molar-refractivity contribution in [3.63, 3.8) is 0 Å². The van der Waals surface area contributed by atoms with Crippen molar-refractivity contribution in [1.82, 2.24) is 5.32 Å². The molecule has 0 aliphatic heterocycles. The van der Waals surface area contributed by atoms with Crippen molar-refractivity contribution in [3.8, 4) is 0 Å². The molecule has 2 heteroatoms. The molecule has 0 radical (unpaired) electrons. The van der Waals surface area contributed by atoms with E-state index in [0.29, 0.717) is 6.04 Å². The summed E-state index contributed by atoms with van der Waals surface area (Å²) in [4.78, 5) is 0. The summed E-state index contributed by atoms with van der Waals surface area (Å²) in [6.45, 7) is 7.64. The number of nitrogens with one attached hydrogen (secondary N) is 1. The zero-order valence-electron chi connectivity index (χ0n) is 13.6. The summed E-state index contributed by atoms with van der Waals surface area (Å²) in [5.74, 6) is -0.164. The second kappa shape index (κ2) is 7.22.